The van der Waals surface area contributed by atoms with Crippen LogP contribution in [0.15, 0.2) is 61.6 Å². The third-order valence-electron chi connectivity index (χ3n) is 39.0. The van der Waals surface area contributed by atoms with E-state index in [9.17, 15) is 39.6 Å². The SMILES string of the molecule is COC[C@@]1(O)CC[C@H]2[C@H](CC[C@@H]3[C@@H]2CC[C@]2(C)[C@@H](C(=O)Cn4cc(C)cn4)CC[C@@H]32)C1.COC[C@@]1(O)CC[C@H]2[C@H](CC[C@@H]3[C@@H]2CC[C@]2(C)[C@@H](C(=O)Cn4cccn4)CC[C@@H]32)C1.C[C@@]1(O)CC[C@@H]2[C@H]3CC[C@]4(C)[C@@H](C(=O)Cn5cccn5)CC[C@H]4[C@@H]3C[C@@H](F)[C@@H]2C1.Cc1ccn(CC(=O)[C@H]2CC[C@H]3[C@@H]4CC[C@@H]5C[C@](C)(O)CC[C@@H]5[C@H]4CC[C@]23C)n1. The van der Waals surface area contributed by atoms with Crippen LogP contribution >= 0.6 is 0 Å². The Balaban J connectivity index is 0.000000113. The van der Waals surface area contributed by atoms with Crippen molar-refractivity contribution in [2.75, 3.05) is 27.4 Å². The number of hydrogen-bond donors (Lipinski definition) is 4. The first-order valence-electron chi connectivity index (χ1n) is 48.4. The van der Waals surface area contributed by atoms with Crippen molar-refractivity contribution in [1.29, 1.82) is 0 Å². The summed E-state index contributed by atoms with van der Waals surface area (Å²) in [6.07, 6.45) is 50.6. The highest BCUT2D eigenvalue weighted by Gasteiger charge is 2.65. The topological polar surface area (TPSA) is 239 Å². The number of aryl methyl sites for hydroxylation is 2. The second kappa shape index (κ2) is 33.8. The van der Waals surface area contributed by atoms with Gasteiger partial charge in [0.15, 0.2) is 23.1 Å². The van der Waals surface area contributed by atoms with E-state index >= 15 is 4.39 Å². The monoisotopic (exact) mass is 1640 g/mol. The highest BCUT2D eigenvalue weighted by molar-refractivity contribution is 5.83. The van der Waals surface area contributed by atoms with Crippen LogP contribution in [0.25, 0.3) is 0 Å². The minimum absolute atomic E-state index is 0.0120. The molecule has 4 aromatic rings. The van der Waals surface area contributed by atoms with Crippen LogP contribution in [0.1, 0.15) is 278 Å². The quantitative estimate of drug-likeness (QED) is 0.0816. The highest BCUT2D eigenvalue weighted by atomic mass is 19.1. The molecule has 658 valence electrons. The van der Waals surface area contributed by atoms with E-state index in [0.717, 1.165) is 186 Å². The van der Waals surface area contributed by atoms with Crippen LogP contribution in [-0.4, -0.2) is 139 Å². The molecule has 119 heavy (non-hydrogen) atoms. The van der Waals surface area contributed by atoms with E-state index in [1.165, 1.54) is 103 Å². The number of halogens is 1. The number of rotatable bonds is 16. The fourth-order valence-corrected chi connectivity index (χ4v) is 33.9. The molecule has 0 radical (unpaired) electrons. The molecular weight excluding hydrogens is 1490 g/mol. The Morgan fingerprint density at radius 2 is 0.756 bits per heavy atom. The van der Waals surface area contributed by atoms with Gasteiger partial charge in [0.1, 0.15) is 6.17 Å². The molecule has 16 saturated carbocycles. The van der Waals surface area contributed by atoms with Gasteiger partial charge in [-0.15, -0.1) is 0 Å². The van der Waals surface area contributed by atoms with Crippen molar-refractivity contribution in [2.24, 2.45) is 164 Å². The molecule has 0 saturated heterocycles. The van der Waals surface area contributed by atoms with E-state index in [1.54, 1.807) is 36.0 Å². The molecule has 16 aliphatic rings. The molecule has 4 N–H and O–H groups in total. The Bertz CT molecular complexity index is 4180. The van der Waals surface area contributed by atoms with Crippen LogP contribution in [0.3, 0.4) is 0 Å². The summed E-state index contributed by atoms with van der Waals surface area (Å²) in [5.41, 5.74) is 0.285. The van der Waals surface area contributed by atoms with E-state index in [-0.39, 0.29) is 51.2 Å². The lowest BCUT2D eigenvalue weighted by Crippen LogP contribution is -2.54. The van der Waals surface area contributed by atoms with E-state index < -0.39 is 28.6 Å². The van der Waals surface area contributed by atoms with Crippen molar-refractivity contribution in [3.8, 4) is 0 Å². The largest absolute Gasteiger partial charge is 0.390 e. The van der Waals surface area contributed by atoms with Gasteiger partial charge < -0.3 is 29.9 Å². The maximum atomic E-state index is 15.3. The van der Waals surface area contributed by atoms with Crippen molar-refractivity contribution in [2.45, 2.75) is 335 Å². The van der Waals surface area contributed by atoms with Gasteiger partial charge in [0, 0.05) is 75.1 Å². The van der Waals surface area contributed by atoms with Gasteiger partial charge in [0.25, 0.3) is 0 Å². The van der Waals surface area contributed by atoms with E-state index in [4.69, 9.17) is 9.47 Å². The van der Waals surface area contributed by atoms with Gasteiger partial charge in [-0.1, -0.05) is 27.7 Å². The fraction of sp³-hybridized carbons (Fsp3) is 0.840. The molecule has 0 bridgehead atoms. The molecule has 4 heterocycles. The number of aromatic nitrogens is 8. The summed E-state index contributed by atoms with van der Waals surface area (Å²) in [5.74, 6) is 15.4. The highest BCUT2D eigenvalue weighted by Crippen LogP contribution is 2.70. The van der Waals surface area contributed by atoms with Gasteiger partial charge >= 0.3 is 0 Å². The second-order valence-corrected chi connectivity index (χ2v) is 45.4. The van der Waals surface area contributed by atoms with Gasteiger partial charge in [-0.25, -0.2) is 4.39 Å². The van der Waals surface area contributed by atoms with Crippen molar-refractivity contribution in [1.82, 2.24) is 39.1 Å². The maximum absolute atomic E-state index is 15.3. The Morgan fingerprint density at radius 3 is 1.14 bits per heavy atom. The summed E-state index contributed by atoms with van der Waals surface area (Å²) in [6, 6.07) is 5.74. The molecule has 20 rings (SSSR count). The first-order valence-corrected chi connectivity index (χ1v) is 48.4. The average Bonchev–Trinajstić information content (AvgIpc) is 1.67. The summed E-state index contributed by atoms with van der Waals surface area (Å²) in [5, 5.41) is 60.2. The average molecular weight is 1640 g/mol. The minimum atomic E-state index is -0.797. The van der Waals surface area contributed by atoms with Crippen molar-refractivity contribution in [3.05, 3.63) is 72.8 Å². The number of carbonyl (C=O) groups is 4. The van der Waals surface area contributed by atoms with Crippen molar-refractivity contribution >= 4 is 23.1 Å². The Hall–Kier alpha value is -4.79. The second-order valence-electron chi connectivity index (χ2n) is 45.4. The molecule has 0 amide bonds. The lowest BCUT2D eigenvalue weighted by Gasteiger charge is -2.57. The predicted molar refractivity (Wildman–Crippen MR) is 456 cm³/mol. The van der Waals surface area contributed by atoms with Crippen LogP contribution in [0, 0.1) is 178 Å². The summed E-state index contributed by atoms with van der Waals surface area (Å²) in [4.78, 5) is 52.9. The van der Waals surface area contributed by atoms with Crippen molar-refractivity contribution < 1.29 is 53.5 Å². The molecule has 16 fully saturated rings. The normalized spacial score (nSPS) is 46.4. The zero-order chi connectivity index (χ0) is 83.5. The number of aliphatic hydroxyl groups is 4. The molecule has 0 aromatic carbocycles. The number of hydrogen-bond acceptors (Lipinski definition) is 14. The number of fused-ring (bicyclic) bond motifs is 20. The number of nitrogens with zero attached hydrogens (tertiary/aromatic N) is 8. The van der Waals surface area contributed by atoms with Gasteiger partial charge in [0.05, 0.1) is 73.7 Å². The van der Waals surface area contributed by atoms with Gasteiger partial charge in [-0.2, -0.15) is 20.4 Å². The summed E-state index contributed by atoms with van der Waals surface area (Å²) < 4.78 is 33.2. The van der Waals surface area contributed by atoms with Gasteiger partial charge in [-0.3, -0.25) is 37.9 Å². The Kier molecular flexibility index (Phi) is 24.6. The maximum Gasteiger partial charge on any atom is 0.157 e. The van der Waals surface area contributed by atoms with E-state index in [0.29, 0.717) is 123 Å². The lowest BCUT2D eigenvalue weighted by atomic mass is 9.48. The molecule has 33 atom stereocenters. The van der Waals surface area contributed by atoms with E-state index in [2.05, 4.69) is 48.1 Å². The first kappa shape index (κ1) is 86.3. The third-order valence-corrected chi connectivity index (χ3v) is 39.0. The number of alkyl halides is 1. The van der Waals surface area contributed by atoms with Crippen LogP contribution < -0.4 is 0 Å². The molecule has 18 nitrogen and oxygen atoms in total. The smallest absolute Gasteiger partial charge is 0.157 e. The molecule has 19 heteroatoms. The minimum Gasteiger partial charge on any atom is -0.390 e. The van der Waals surface area contributed by atoms with Crippen LogP contribution in [0.5, 0.6) is 0 Å². The number of Topliss-reactive ketones (excluding diaryl/α,β-unsaturated/α-hetero) is 4. The van der Waals surface area contributed by atoms with Crippen LogP contribution in [-0.2, 0) is 54.8 Å². The van der Waals surface area contributed by atoms with Crippen LogP contribution in [0.4, 0.5) is 4.39 Å². The summed E-state index contributed by atoms with van der Waals surface area (Å²) >= 11 is 0. The Morgan fingerprint density at radius 1 is 0.395 bits per heavy atom. The van der Waals surface area contributed by atoms with E-state index in [1.807, 2.05) is 86.2 Å². The van der Waals surface area contributed by atoms with Gasteiger partial charge in [-0.05, 0) is 416 Å². The zero-order valence-electron chi connectivity index (χ0n) is 74.4. The van der Waals surface area contributed by atoms with Gasteiger partial charge in [0.2, 0.25) is 0 Å². The number of ketones is 4. The zero-order valence-corrected chi connectivity index (χ0v) is 74.4. The predicted octanol–water partition coefficient (Wildman–Crippen LogP) is 17.7. The van der Waals surface area contributed by atoms with Crippen LogP contribution in [0.2, 0.25) is 0 Å². The Labute approximate surface area is 710 Å². The molecule has 4 aromatic heterocycles. The fourth-order valence-electron chi connectivity index (χ4n) is 33.9. The summed E-state index contributed by atoms with van der Waals surface area (Å²) in [7, 11) is 3.40. The lowest BCUT2D eigenvalue weighted by molar-refractivity contribution is -0.139. The third kappa shape index (κ3) is 16.6. The number of methoxy groups -OCH3 is 2. The first-order chi connectivity index (χ1) is 56.8. The summed E-state index contributed by atoms with van der Waals surface area (Å²) in [6.45, 7) is 20.2. The molecule has 0 aliphatic heterocycles. The molecule has 0 spiro atoms. The molecule has 0 unspecified atom stereocenters. The molecule has 16 aliphatic carbocycles. The standard InChI is InChI=1S/C26H40N2O3.C25H38N2O3.C25H38N2O2.C24H35FN2O2/c1-17-13-27-28(14-17)15-24(29)23-7-6-22-21-5-4-18-12-26(30,16-31-3)11-9-19(18)20(21)8-10-25(22,23)2;1-24-10-8-19-18-9-11-25(29,16-30-2)14-17(18)4-5-20(19)21(24)6-7-22(24)23(28)15-27-13-3-12-26-27;1-16-10-13-27(26-16)15-23(28)22-7-6-21-20-5-4-17-14-24(2,29)11-8-18(17)19(20)9-12-25(21,22)3;1-23(29)8-6-16-15-7-9-24(2)19(17(15)12-21(25)18(16)13-23)4-5-20(24)22(28)14-27-11-3-10-26-27/h13-14,18-23,30H,4-12,15-16H2,1-3H3;3,12-13,17-22,29H,4-11,14-16H2,1-2H3;10,13,17-22,29H,4-9,11-12,14-15H2,1-3H3;3,10-11,15-21,29H,4-9,12-14H2,1-2H3/t18-,19+,20-,21-,22+,23-,25+,26-;17-,18+,19-,20-,21+,22-,24+,25-;17-,18+,19-,20-,21+,22-,24-,25+;15-,16-,17-,18-,19+,20-,21-,23-,24+/m1111/s1. The molecular formula is C100H151FN8O10. The number of carbonyl (C=O) groups excluding carboxylic acids is 4. The number of ether oxygens (including phenoxy) is 2. The van der Waals surface area contributed by atoms with Crippen molar-refractivity contribution in [3.63, 3.8) is 0 Å².